The molecule has 0 aliphatic heterocycles. The summed E-state index contributed by atoms with van der Waals surface area (Å²) in [6, 6.07) is 14.8. The summed E-state index contributed by atoms with van der Waals surface area (Å²) in [6.45, 7) is 0. The maximum Gasteiger partial charge on any atom is 0.348 e. The van der Waals surface area contributed by atoms with Crippen LogP contribution in [-0.2, 0) is 0 Å². The number of benzene rings is 2. The van der Waals surface area contributed by atoms with Gasteiger partial charge in [0.1, 0.15) is 5.75 Å². The number of nitrogens with one attached hydrogen (secondary N) is 1. The minimum Gasteiger partial charge on any atom is -0.497 e. The molecule has 106 valence electrons. The van der Waals surface area contributed by atoms with Crippen LogP contribution in [0.1, 0.15) is 0 Å². The molecule has 0 atom stereocenters. The number of H-pyrrole nitrogens is 1. The van der Waals surface area contributed by atoms with E-state index >= 15 is 0 Å². The number of nitrogens with zero attached hydrogens (tertiary/aromatic N) is 2. The zero-order valence-electron chi connectivity index (χ0n) is 11.2. The molecule has 3 rings (SSSR count). The van der Waals surface area contributed by atoms with Crippen LogP contribution in [0.3, 0.4) is 0 Å². The van der Waals surface area contributed by atoms with E-state index in [2.05, 4.69) is 26.0 Å². The van der Waals surface area contributed by atoms with Crippen molar-refractivity contribution in [3.8, 4) is 22.8 Å². The van der Waals surface area contributed by atoms with E-state index in [9.17, 15) is 4.79 Å². The number of rotatable bonds is 3. The fourth-order valence-electron chi connectivity index (χ4n) is 1.98. The van der Waals surface area contributed by atoms with Crippen LogP contribution < -0.4 is 10.4 Å². The molecular weight excluding hydrogens is 334 g/mol. The predicted octanol–water partition coefficient (Wildman–Crippen LogP) is 3.00. The summed E-state index contributed by atoms with van der Waals surface area (Å²) in [5.74, 6) is 1.22. The van der Waals surface area contributed by atoms with Gasteiger partial charge in [0.25, 0.3) is 0 Å². The van der Waals surface area contributed by atoms with Crippen LogP contribution in [0.15, 0.2) is 57.8 Å². The zero-order valence-corrected chi connectivity index (χ0v) is 12.8. The molecule has 0 saturated carbocycles. The van der Waals surface area contributed by atoms with Crippen molar-refractivity contribution in [2.45, 2.75) is 0 Å². The van der Waals surface area contributed by atoms with Gasteiger partial charge >= 0.3 is 5.69 Å². The Morgan fingerprint density at radius 3 is 2.67 bits per heavy atom. The SMILES string of the molecule is COc1cccc(-c2nn(-c3ccc(Br)cc3)c(=O)[nH]2)c1. The predicted molar refractivity (Wildman–Crippen MR) is 83.9 cm³/mol. The number of hydrogen-bond acceptors (Lipinski definition) is 3. The summed E-state index contributed by atoms with van der Waals surface area (Å²) in [6.07, 6.45) is 0. The van der Waals surface area contributed by atoms with Gasteiger partial charge in [0, 0.05) is 10.0 Å². The second kappa shape index (κ2) is 5.57. The van der Waals surface area contributed by atoms with Gasteiger partial charge in [-0.25, -0.2) is 4.79 Å². The molecule has 1 heterocycles. The Labute approximate surface area is 129 Å². The summed E-state index contributed by atoms with van der Waals surface area (Å²) in [5.41, 5.74) is 1.21. The average molecular weight is 346 g/mol. The van der Waals surface area contributed by atoms with Crippen LogP contribution in [-0.4, -0.2) is 21.9 Å². The fraction of sp³-hybridized carbons (Fsp3) is 0.0667. The summed E-state index contributed by atoms with van der Waals surface area (Å²) in [7, 11) is 1.60. The van der Waals surface area contributed by atoms with Crippen LogP contribution in [0.25, 0.3) is 17.1 Å². The summed E-state index contributed by atoms with van der Waals surface area (Å²) >= 11 is 3.36. The van der Waals surface area contributed by atoms with Gasteiger partial charge in [0.15, 0.2) is 5.82 Å². The number of hydrogen-bond donors (Lipinski definition) is 1. The van der Waals surface area contributed by atoms with Crippen LogP contribution in [0, 0.1) is 0 Å². The van der Waals surface area contributed by atoms with Crippen molar-refractivity contribution in [3.63, 3.8) is 0 Å². The third-order valence-electron chi connectivity index (χ3n) is 3.03. The van der Waals surface area contributed by atoms with Crippen molar-refractivity contribution >= 4 is 15.9 Å². The van der Waals surface area contributed by atoms with E-state index in [0.717, 1.165) is 10.0 Å². The second-order valence-electron chi connectivity index (χ2n) is 4.40. The molecule has 0 aliphatic rings. The normalized spacial score (nSPS) is 10.6. The first-order chi connectivity index (χ1) is 10.2. The van der Waals surface area contributed by atoms with Gasteiger partial charge < -0.3 is 4.74 Å². The van der Waals surface area contributed by atoms with E-state index in [-0.39, 0.29) is 5.69 Å². The molecular formula is C15H12BrN3O2. The largest absolute Gasteiger partial charge is 0.497 e. The molecule has 0 radical (unpaired) electrons. The molecule has 3 aromatic rings. The van der Waals surface area contributed by atoms with E-state index in [4.69, 9.17) is 4.74 Å². The van der Waals surface area contributed by atoms with Crippen molar-refractivity contribution in [2.24, 2.45) is 0 Å². The molecule has 0 aliphatic carbocycles. The molecule has 0 spiro atoms. The highest BCUT2D eigenvalue weighted by Gasteiger charge is 2.09. The minimum absolute atomic E-state index is 0.282. The molecule has 0 saturated heterocycles. The molecule has 1 aromatic heterocycles. The molecule has 0 bridgehead atoms. The first-order valence-corrected chi connectivity index (χ1v) is 7.06. The number of ether oxygens (including phenoxy) is 1. The van der Waals surface area contributed by atoms with Gasteiger partial charge in [-0.05, 0) is 36.4 Å². The minimum atomic E-state index is -0.282. The lowest BCUT2D eigenvalue weighted by molar-refractivity contribution is 0.415. The number of aromatic amines is 1. The van der Waals surface area contributed by atoms with Gasteiger partial charge in [-0.3, -0.25) is 4.98 Å². The van der Waals surface area contributed by atoms with Gasteiger partial charge in [-0.1, -0.05) is 28.1 Å². The van der Waals surface area contributed by atoms with Crippen molar-refractivity contribution in [2.75, 3.05) is 7.11 Å². The Kier molecular flexibility index (Phi) is 3.62. The summed E-state index contributed by atoms with van der Waals surface area (Å²) < 4.78 is 7.46. The average Bonchev–Trinajstić information content (AvgIpc) is 2.90. The maximum absolute atomic E-state index is 12.1. The smallest absolute Gasteiger partial charge is 0.348 e. The van der Waals surface area contributed by atoms with Gasteiger partial charge in [0.2, 0.25) is 0 Å². The van der Waals surface area contributed by atoms with Crippen molar-refractivity contribution in [3.05, 3.63) is 63.5 Å². The molecule has 0 unspecified atom stereocenters. The topological polar surface area (TPSA) is 59.9 Å². The summed E-state index contributed by atoms with van der Waals surface area (Å²) in [4.78, 5) is 14.8. The van der Waals surface area contributed by atoms with Gasteiger partial charge in [-0.15, -0.1) is 5.10 Å². The molecule has 1 N–H and O–H groups in total. The highest BCUT2D eigenvalue weighted by molar-refractivity contribution is 9.10. The van der Waals surface area contributed by atoms with E-state index in [1.165, 1.54) is 4.68 Å². The third-order valence-corrected chi connectivity index (χ3v) is 3.56. The number of aromatic nitrogens is 3. The Balaban J connectivity index is 2.05. The van der Waals surface area contributed by atoms with Gasteiger partial charge in [-0.2, -0.15) is 4.68 Å². The Morgan fingerprint density at radius 1 is 1.19 bits per heavy atom. The van der Waals surface area contributed by atoms with E-state index in [1.807, 2.05) is 48.5 Å². The zero-order chi connectivity index (χ0) is 14.8. The Bertz CT molecular complexity index is 821. The van der Waals surface area contributed by atoms with E-state index < -0.39 is 0 Å². The number of halogens is 1. The Hall–Kier alpha value is -2.34. The molecule has 21 heavy (non-hydrogen) atoms. The second-order valence-corrected chi connectivity index (χ2v) is 5.31. The van der Waals surface area contributed by atoms with Crippen molar-refractivity contribution in [1.29, 1.82) is 0 Å². The third kappa shape index (κ3) is 2.75. The van der Waals surface area contributed by atoms with Gasteiger partial charge in [0.05, 0.1) is 12.8 Å². The van der Waals surface area contributed by atoms with Crippen LogP contribution >= 0.6 is 15.9 Å². The quantitative estimate of drug-likeness (QED) is 0.793. The highest BCUT2D eigenvalue weighted by atomic mass is 79.9. The van der Waals surface area contributed by atoms with Crippen LogP contribution in [0.4, 0.5) is 0 Å². The van der Waals surface area contributed by atoms with E-state index in [1.54, 1.807) is 7.11 Å². The summed E-state index contributed by atoms with van der Waals surface area (Å²) in [5, 5.41) is 4.33. The fourth-order valence-corrected chi connectivity index (χ4v) is 2.25. The lowest BCUT2D eigenvalue weighted by atomic mass is 10.2. The monoisotopic (exact) mass is 345 g/mol. The maximum atomic E-state index is 12.1. The molecule has 0 amide bonds. The highest BCUT2D eigenvalue weighted by Crippen LogP contribution is 2.20. The van der Waals surface area contributed by atoms with Crippen LogP contribution in [0.5, 0.6) is 5.75 Å². The molecule has 0 fully saturated rings. The molecule has 2 aromatic carbocycles. The van der Waals surface area contributed by atoms with E-state index in [0.29, 0.717) is 17.3 Å². The van der Waals surface area contributed by atoms with Crippen molar-refractivity contribution in [1.82, 2.24) is 14.8 Å². The first kappa shape index (κ1) is 13.6. The standard InChI is InChI=1S/C15H12BrN3O2/c1-21-13-4-2-3-10(9-13)14-17-15(20)19(18-14)12-7-5-11(16)6-8-12/h2-9H,1H3,(H,17,18,20). The Morgan fingerprint density at radius 2 is 1.95 bits per heavy atom. The lowest BCUT2D eigenvalue weighted by Crippen LogP contribution is -2.15. The van der Waals surface area contributed by atoms with Crippen LogP contribution in [0.2, 0.25) is 0 Å². The number of methoxy groups -OCH3 is 1. The molecule has 5 nitrogen and oxygen atoms in total. The molecule has 6 heteroatoms. The lowest BCUT2D eigenvalue weighted by Gasteiger charge is -2.01. The van der Waals surface area contributed by atoms with Crippen molar-refractivity contribution < 1.29 is 4.74 Å². The first-order valence-electron chi connectivity index (χ1n) is 6.27.